The summed E-state index contributed by atoms with van der Waals surface area (Å²) in [6.45, 7) is 9.44. The van der Waals surface area contributed by atoms with Crippen LogP contribution in [0.25, 0.3) is 0 Å². The average molecular weight is 387 g/mol. The molecule has 1 heterocycles. The third-order valence-electron chi connectivity index (χ3n) is 4.46. The van der Waals surface area contributed by atoms with Crippen molar-refractivity contribution in [1.82, 2.24) is 9.99 Å². The highest BCUT2D eigenvalue weighted by atomic mass is 16.5. The predicted molar refractivity (Wildman–Crippen MR) is 110 cm³/mol. The van der Waals surface area contributed by atoms with Gasteiger partial charge in [-0.3, -0.25) is 4.79 Å². The van der Waals surface area contributed by atoms with E-state index in [1.54, 1.807) is 18.3 Å². The number of carbonyl (C=O) groups excluding carboxylic acids is 1. The number of nitrogens with one attached hydrogen (secondary N) is 1. The molecule has 0 bridgehead atoms. The maximum absolute atomic E-state index is 12.5. The van der Waals surface area contributed by atoms with Crippen molar-refractivity contribution in [2.24, 2.45) is 11.0 Å². The van der Waals surface area contributed by atoms with Crippen LogP contribution in [0.3, 0.4) is 0 Å². The van der Waals surface area contributed by atoms with Crippen molar-refractivity contribution >= 4 is 12.1 Å². The van der Waals surface area contributed by atoms with Gasteiger partial charge in [-0.2, -0.15) is 5.10 Å². The molecule has 0 atom stereocenters. The second-order valence-corrected chi connectivity index (χ2v) is 6.94. The Morgan fingerprint density at radius 2 is 1.71 bits per heavy atom. The van der Waals surface area contributed by atoms with E-state index >= 15 is 0 Å². The van der Waals surface area contributed by atoms with E-state index in [4.69, 9.17) is 14.2 Å². The first-order valence-corrected chi connectivity index (χ1v) is 9.12. The number of hydrogen-bond donors (Lipinski definition) is 1. The summed E-state index contributed by atoms with van der Waals surface area (Å²) in [4.78, 5) is 12.5. The van der Waals surface area contributed by atoms with Crippen molar-refractivity contribution < 1.29 is 19.0 Å². The van der Waals surface area contributed by atoms with Gasteiger partial charge in [0, 0.05) is 29.1 Å². The Morgan fingerprint density at radius 1 is 1.11 bits per heavy atom. The maximum atomic E-state index is 12.5. The summed E-state index contributed by atoms with van der Waals surface area (Å²) in [5, 5.41) is 4.12. The molecule has 0 aliphatic rings. The number of rotatable bonds is 8. The molecule has 0 radical (unpaired) electrons. The van der Waals surface area contributed by atoms with Gasteiger partial charge in [-0.25, -0.2) is 5.43 Å². The highest BCUT2D eigenvalue weighted by Gasteiger charge is 2.17. The van der Waals surface area contributed by atoms with Crippen LogP contribution < -0.4 is 19.6 Å². The van der Waals surface area contributed by atoms with E-state index in [0.717, 1.165) is 17.8 Å². The van der Waals surface area contributed by atoms with Crippen molar-refractivity contribution in [3.8, 4) is 17.2 Å². The van der Waals surface area contributed by atoms with Crippen LogP contribution in [0, 0.1) is 19.8 Å². The molecule has 1 aromatic heterocycles. The van der Waals surface area contributed by atoms with E-state index < -0.39 is 0 Å². The monoisotopic (exact) mass is 387 g/mol. The summed E-state index contributed by atoms with van der Waals surface area (Å²) in [6.07, 6.45) is 1.66. The lowest BCUT2D eigenvalue weighted by Crippen LogP contribution is -2.18. The maximum Gasteiger partial charge on any atom is 0.271 e. The van der Waals surface area contributed by atoms with Gasteiger partial charge in [0.15, 0.2) is 11.5 Å². The summed E-state index contributed by atoms with van der Waals surface area (Å²) in [5.74, 6) is 1.44. The molecule has 0 aliphatic carbocycles. The number of ether oxygens (including phenoxy) is 3. The molecule has 0 aliphatic heterocycles. The fraction of sp³-hybridized carbons (Fsp3) is 0.429. The van der Waals surface area contributed by atoms with E-state index in [1.807, 2.05) is 0 Å². The highest BCUT2D eigenvalue weighted by molar-refractivity contribution is 5.96. The van der Waals surface area contributed by atoms with Gasteiger partial charge in [0.25, 0.3) is 5.91 Å². The molecule has 7 heteroatoms. The van der Waals surface area contributed by atoms with Crippen LogP contribution in [0.1, 0.15) is 41.2 Å². The summed E-state index contributed by atoms with van der Waals surface area (Å²) < 4.78 is 18.1. The van der Waals surface area contributed by atoms with Gasteiger partial charge in [0.1, 0.15) is 0 Å². The lowest BCUT2D eigenvalue weighted by molar-refractivity contribution is 0.0954. The summed E-state index contributed by atoms with van der Waals surface area (Å²) >= 11 is 0. The van der Waals surface area contributed by atoms with Gasteiger partial charge < -0.3 is 18.8 Å². The lowest BCUT2D eigenvalue weighted by Gasteiger charge is -2.13. The van der Waals surface area contributed by atoms with Crippen molar-refractivity contribution in [2.75, 3.05) is 21.3 Å². The molecule has 28 heavy (non-hydrogen) atoms. The summed E-state index contributed by atoms with van der Waals surface area (Å²) in [5.41, 5.74) is 6.18. The first kappa shape index (κ1) is 21.3. The predicted octanol–water partition coefficient (Wildman–Crippen LogP) is 3.55. The van der Waals surface area contributed by atoms with Crippen LogP contribution in [0.5, 0.6) is 17.2 Å². The zero-order chi connectivity index (χ0) is 20.8. The van der Waals surface area contributed by atoms with Gasteiger partial charge in [-0.15, -0.1) is 0 Å². The van der Waals surface area contributed by atoms with Crippen LogP contribution in [0.15, 0.2) is 23.3 Å². The van der Waals surface area contributed by atoms with Crippen LogP contribution in [-0.4, -0.2) is 38.0 Å². The molecule has 0 unspecified atom stereocenters. The van der Waals surface area contributed by atoms with Crippen LogP contribution >= 0.6 is 0 Å². The van der Waals surface area contributed by atoms with Crippen molar-refractivity contribution in [1.29, 1.82) is 0 Å². The fourth-order valence-corrected chi connectivity index (χ4v) is 3.04. The Labute approximate surface area is 166 Å². The normalized spacial score (nSPS) is 11.1. The number of nitrogens with zero attached hydrogens (tertiary/aromatic N) is 2. The molecule has 0 fully saturated rings. The van der Waals surface area contributed by atoms with Gasteiger partial charge in [0.2, 0.25) is 5.75 Å². The smallest absolute Gasteiger partial charge is 0.271 e. The number of benzene rings is 1. The summed E-state index contributed by atoms with van der Waals surface area (Å²) in [6, 6.07) is 5.23. The van der Waals surface area contributed by atoms with Gasteiger partial charge in [0.05, 0.1) is 27.5 Å². The van der Waals surface area contributed by atoms with Crippen molar-refractivity contribution in [3.05, 3.63) is 40.7 Å². The minimum atomic E-state index is -0.369. The third-order valence-corrected chi connectivity index (χ3v) is 4.46. The van der Waals surface area contributed by atoms with Crippen LogP contribution in [0.2, 0.25) is 0 Å². The molecule has 7 nitrogen and oxygen atoms in total. The van der Waals surface area contributed by atoms with Crippen molar-refractivity contribution in [2.45, 2.75) is 34.2 Å². The quantitative estimate of drug-likeness (QED) is 0.555. The van der Waals surface area contributed by atoms with E-state index in [9.17, 15) is 4.79 Å². The fourth-order valence-electron chi connectivity index (χ4n) is 3.04. The zero-order valence-electron chi connectivity index (χ0n) is 17.6. The molecule has 2 rings (SSSR count). The third kappa shape index (κ3) is 4.65. The molecule has 0 saturated carbocycles. The number of aromatic nitrogens is 1. The minimum absolute atomic E-state index is 0.358. The SMILES string of the molecule is COc1cc(C(=O)N/N=C/c2cc(C)n(CC(C)C)c2C)cc(OC)c1OC. The second-order valence-electron chi connectivity index (χ2n) is 6.94. The Balaban J connectivity index is 2.18. The zero-order valence-corrected chi connectivity index (χ0v) is 17.6. The first-order valence-electron chi connectivity index (χ1n) is 9.12. The molecule has 1 N–H and O–H groups in total. The minimum Gasteiger partial charge on any atom is -0.493 e. The Kier molecular flexibility index (Phi) is 7.09. The van der Waals surface area contributed by atoms with E-state index in [-0.39, 0.29) is 5.91 Å². The Bertz CT molecular complexity index is 844. The number of carbonyl (C=O) groups is 1. The highest BCUT2D eigenvalue weighted by Crippen LogP contribution is 2.38. The molecule has 1 aromatic carbocycles. The largest absolute Gasteiger partial charge is 0.493 e. The second kappa shape index (κ2) is 9.30. The number of amides is 1. The number of aryl methyl sites for hydroxylation is 1. The average Bonchev–Trinajstić information content (AvgIpc) is 2.93. The van der Waals surface area contributed by atoms with E-state index in [1.165, 1.54) is 27.0 Å². The topological polar surface area (TPSA) is 74.1 Å². The van der Waals surface area contributed by atoms with Gasteiger partial charge in [-0.1, -0.05) is 13.8 Å². The standard InChI is InChI=1S/C21H29N3O4/c1-13(2)12-24-14(3)8-17(15(24)4)11-22-23-21(25)16-9-18(26-5)20(28-7)19(10-16)27-6/h8-11,13H,12H2,1-7H3,(H,23,25)/b22-11+. The molecular weight excluding hydrogens is 358 g/mol. The van der Waals surface area contributed by atoms with E-state index in [2.05, 4.69) is 48.9 Å². The first-order chi connectivity index (χ1) is 13.3. The Hall–Kier alpha value is -2.96. The molecule has 0 saturated heterocycles. The molecule has 0 spiro atoms. The van der Waals surface area contributed by atoms with E-state index in [0.29, 0.717) is 28.7 Å². The van der Waals surface area contributed by atoms with Crippen LogP contribution in [0.4, 0.5) is 0 Å². The molecular formula is C21H29N3O4. The number of methoxy groups -OCH3 is 3. The van der Waals surface area contributed by atoms with Gasteiger partial charge >= 0.3 is 0 Å². The molecule has 152 valence electrons. The number of hydrogen-bond acceptors (Lipinski definition) is 5. The van der Waals surface area contributed by atoms with Crippen LogP contribution in [-0.2, 0) is 6.54 Å². The molecule has 1 amide bonds. The Morgan fingerprint density at radius 3 is 2.21 bits per heavy atom. The summed E-state index contributed by atoms with van der Waals surface area (Å²) in [7, 11) is 4.52. The lowest BCUT2D eigenvalue weighted by atomic mass is 10.1. The van der Waals surface area contributed by atoms with Gasteiger partial charge in [-0.05, 0) is 38.0 Å². The van der Waals surface area contributed by atoms with Crippen molar-refractivity contribution in [3.63, 3.8) is 0 Å². The molecule has 2 aromatic rings. The number of hydrazone groups is 1.